The number of benzene rings is 1. The van der Waals surface area contributed by atoms with Gasteiger partial charge in [-0.2, -0.15) is 13.2 Å². The molecule has 7 nitrogen and oxygen atoms in total. The molecule has 0 aliphatic heterocycles. The highest BCUT2D eigenvalue weighted by molar-refractivity contribution is 7.80. The van der Waals surface area contributed by atoms with Crippen LogP contribution in [0.1, 0.15) is 0 Å². The van der Waals surface area contributed by atoms with Gasteiger partial charge in [0.05, 0.1) is 5.52 Å². The van der Waals surface area contributed by atoms with Crippen LogP contribution in [-0.2, 0) is 4.79 Å². The number of alkyl halides is 3. The fraction of sp³-hybridized carbons (Fsp3) is 0.0909. The highest BCUT2D eigenvalue weighted by Crippen LogP contribution is 2.35. The van der Waals surface area contributed by atoms with Crippen LogP contribution < -0.4 is 10.9 Å². The number of aromatic nitrogens is 1. The van der Waals surface area contributed by atoms with Gasteiger partial charge in [0.15, 0.2) is 5.69 Å². The van der Waals surface area contributed by atoms with Crippen molar-refractivity contribution in [3.8, 4) is 5.88 Å². The fourth-order valence-electron chi connectivity index (χ4n) is 1.54. The van der Waals surface area contributed by atoms with Crippen LogP contribution in [-0.4, -0.2) is 27.3 Å². The number of H-pyrrole nitrogens is 1. The number of fused-ring (bicyclic) bond motifs is 1. The van der Waals surface area contributed by atoms with E-state index >= 15 is 0 Å². The van der Waals surface area contributed by atoms with Crippen molar-refractivity contribution >= 4 is 39.8 Å². The molecule has 0 aliphatic rings. The van der Waals surface area contributed by atoms with Gasteiger partial charge in [0.1, 0.15) is 5.82 Å². The first-order valence-corrected chi connectivity index (χ1v) is 6.18. The summed E-state index contributed by atoms with van der Waals surface area (Å²) >= 11 is 4.54. The number of carbonyl (C=O) groups excluding carboxylic acids is 1. The van der Waals surface area contributed by atoms with Gasteiger partial charge >= 0.3 is 12.1 Å². The van der Waals surface area contributed by atoms with E-state index in [0.717, 1.165) is 12.1 Å². The lowest BCUT2D eigenvalue weighted by Gasteiger charge is -2.07. The van der Waals surface area contributed by atoms with Gasteiger partial charge in [-0.15, -0.1) is 10.2 Å². The lowest BCUT2D eigenvalue weighted by atomic mass is 10.2. The molecule has 0 aliphatic carbocycles. The molecule has 0 atom stereocenters. The second-order valence-electron chi connectivity index (χ2n) is 4.09. The van der Waals surface area contributed by atoms with E-state index in [1.54, 1.807) is 5.43 Å². The fourth-order valence-corrected chi connectivity index (χ4v) is 1.63. The summed E-state index contributed by atoms with van der Waals surface area (Å²) in [6.45, 7) is 0. The smallest absolute Gasteiger partial charge is 0.472 e. The van der Waals surface area contributed by atoms with Gasteiger partial charge in [-0.25, -0.2) is 4.39 Å². The molecule has 1 amide bonds. The van der Waals surface area contributed by atoms with Crippen molar-refractivity contribution in [2.45, 2.75) is 6.18 Å². The number of aromatic amines is 1. The minimum Gasteiger partial charge on any atom is -0.493 e. The quantitative estimate of drug-likeness (QED) is 0.275. The molecular weight excluding hydrogens is 342 g/mol. The van der Waals surface area contributed by atoms with Crippen molar-refractivity contribution in [3.05, 3.63) is 24.0 Å². The summed E-state index contributed by atoms with van der Waals surface area (Å²) in [7, 11) is 0. The van der Waals surface area contributed by atoms with Crippen LogP contribution in [0.5, 0.6) is 5.88 Å². The number of azo groups is 1. The van der Waals surface area contributed by atoms with Gasteiger partial charge in [0.2, 0.25) is 11.0 Å². The molecule has 12 heteroatoms. The van der Waals surface area contributed by atoms with Crippen molar-refractivity contribution < 1.29 is 27.5 Å². The summed E-state index contributed by atoms with van der Waals surface area (Å²) in [4.78, 5) is 13.1. The summed E-state index contributed by atoms with van der Waals surface area (Å²) in [6, 6.07) is 3.57. The van der Waals surface area contributed by atoms with Crippen LogP contribution in [0.4, 0.5) is 23.2 Å². The Morgan fingerprint density at radius 3 is 2.65 bits per heavy atom. The highest BCUT2D eigenvalue weighted by atomic mass is 32.1. The molecule has 0 radical (unpaired) electrons. The Bertz CT molecular complexity index is 802. The zero-order chi connectivity index (χ0) is 17.2. The molecule has 0 bridgehead atoms. The van der Waals surface area contributed by atoms with Crippen LogP contribution in [0.3, 0.4) is 0 Å². The average molecular weight is 349 g/mol. The summed E-state index contributed by atoms with van der Waals surface area (Å²) in [5.74, 6) is -3.30. The Morgan fingerprint density at radius 2 is 2.00 bits per heavy atom. The molecule has 122 valence electrons. The maximum Gasteiger partial charge on any atom is 0.472 e. The van der Waals surface area contributed by atoms with E-state index in [1.807, 2.05) is 0 Å². The molecule has 1 heterocycles. The number of hydrogen-bond donors (Lipinski definition) is 4. The van der Waals surface area contributed by atoms with Gasteiger partial charge in [-0.1, -0.05) is 0 Å². The SMILES string of the molecule is O=C(NNC(=S)N=Nc1c(O)[nH]c2ccc(F)cc12)C(F)(F)F. The van der Waals surface area contributed by atoms with E-state index in [4.69, 9.17) is 0 Å². The van der Waals surface area contributed by atoms with E-state index in [9.17, 15) is 27.5 Å². The Labute approximate surface area is 130 Å². The Balaban J connectivity index is 2.11. The second kappa shape index (κ2) is 6.16. The Hall–Kier alpha value is -2.76. The van der Waals surface area contributed by atoms with E-state index in [-0.39, 0.29) is 11.1 Å². The molecule has 0 saturated carbocycles. The number of hydrogen-bond acceptors (Lipinski definition) is 4. The Kier molecular flexibility index (Phi) is 4.45. The number of nitrogens with zero attached hydrogens (tertiary/aromatic N) is 2. The zero-order valence-corrected chi connectivity index (χ0v) is 11.7. The van der Waals surface area contributed by atoms with E-state index in [0.29, 0.717) is 5.52 Å². The minimum absolute atomic E-state index is 0.161. The standard InChI is InChI=1S/C11H7F4N5O2S/c12-4-1-2-6-5(3-4)7(8(21)16-6)17-19-10(23)20-18-9(22)11(13,14)15/h1-3,16,21H,(H,18,22)(H,20,23). The number of rotatable bonds is 1. The van der Waals surface area contributed by atoms with Gasteiger partial charge in [-0.05, 0) is 30.4 Å². The monoisotopic (exact) mass is 349 g/mol. The lowest BCUT2D eigenvalue weighted by Crippen LogP contribution is -2.46. The molecule has 1 aromatic heterocycles. The third-order valence-corrected chi connectivity index (χ3v) is 2.68. The molecule has 0 unspecified atom stereocenters. The molecule has 0 saturated heterocycles. The predicted octanol–water partition coefficient (Wildman–Crippen LogP) is 2.56. The molecule has 4 N–H and O–H groups in total. The minimum atomic E-state index is -5.09. The number of thiocarbonyl (C=S) groups is 1. The number of halogens is 4. The first-order chi connectivity index (χ1) is 10.7. The average Bonchev–Trinajstić information content (AvgIpc) is 2.76. The van der Waals surface area contributed by atoms with Gasteiger partial charge in [-0.3, -0.25) is 15.6 Å². The normalized spacial score (nSPS) is 11.8. The first-order valence-electron chi connectivity index (χ1n) is 5.77. The van der Waals surface area contributed by atoms with Crippen LogP contribution >= 0.6 is 12.2 Å². The number of amides is 1. The third-order valence-electron chi connectivity index (χ3n) is 2.50. The van der Waals surface area contributed by atoms with Crippen molar-refractivity contribution in [1.82, 2.24) is 15.8 Å². The molecular formula is C11H7F4N5O2S. The van der Waals surface area contributed by atoms with Gasteiger partial charge in [0, 0.05) is 5.39 Å². The topological polar surface area (TPSA) is 102 Å². The summed E-state index contributed by atoms with van der Waals surface area (Å²) in [5, 5.41) is 16.1. The summed E-state index contributed by atoms with van der Waals surface area (Å²) in [5.41, 5.74) is 3.19. The molecule has 0 spiro atoms. The van der Waals surface area contributed by atoms with Crippen LogP contribution in [0.15, 0.2) is 28.4 Å². The maximum atomic E-state index is 13.2. The van der Waals surface area contributed by atoms with Gasteiger partial charge < -0.3 is 10.1 Å². The third kappa shape index (κ3) is 3.91. The zero-order valence-electron chi connectivity index (χ0n) is 10.9. The number of carbonyl (C=O) groups is 1. The Morgan fingerprint density at radius 1 is 1.30 bits per heavy atom. The molecule has 0 fully saturated rings. The predicted molar refractivity (Wildman–Crippen MR) is 74.4 cm³/mol. The van der Waals surface area contributed by atoms with Crippen molar-refractivity contribution in [1.29, 1.82) is 0 Å². The van der Waals surface area contributed by atoms with E-state index < -0.39 is 28.9 Å². The van der Waals surface area contributed by atoms with Crippen LogP contribution in [0.25, 0.3) is 10.9 Å². The van der Waals surface area contributed by atoms with Crippen molar-refractivity contribution in [2.75, 3.05) is 0 Å². The second-order valence-corrected chi connectivity index (χ2v) is 4.48. The largest absolute Gasteiger partial charge is 0.493 e. The first kappa shape index (κ1) is 16.6. The summed E-state index contributed by atoms with van der Waals surface area (Å²) < 4.78 is 49.0. The van der Waals surface area contributed by atoms with Crippen molar-refractivity contribution in [3.63, 3.8) is 0 Å². The number of nitrogens with one attached hydrogen (secondary N) is 3. The molecule has 23 heavy (non-hydrogen) atoms. The maximum absolute atomic E-state index is 13.2. The van der Waals surface area contributed by atoms with Crippen LogP contribution in [0.2, 0.25) is 0 Å². The van der Waals surface area contributed by atoms with Gasteiger partial charge in [0.25, 0.3) is 0 Å². The molecule has 1 aromatic carbocycles. The number of hydrazine groups is 1. The summed E-state index contributed by atoms with van der Waals surface area (Å²) in [6.07, 6.45) is -5.09. The van der Waals surface area contributed by atoms with Crippen molar-refractivity contribution in [2.24, 2.45) is 10.2 Å². The van der Waals surface area contributed by atoms with E-state index in [2.05, 4.69) is 27.4 Å². The highest BCUT2D eigenvalue weighted by Gasteiger charge is 2.38. The molecule has 2 rings (SSSR count). The lowest BCUT2D eigenvalue weighted by molar-refractivity contribution is -0.174. The number of aromatic hydroxyl groups is 1. The molecule has 2 aromatic rings. The van der Waals surface area contributed by atoms with Crippen LogP contribution in [0, 0.1) is 5.82 Å². The van der Waals surface area contributed by atoms with E-state index in [1.165, 1.54) is 11.5 Å².